The Bertz CT molecular complexity index is 893. The molecule has 2 aromatic carbocycles. The Balaban J connectivity index is 1.79. The molecule has 0 saturated heterocycles. The fourth-order valence-corrected chi connectivity index (χ4v) is 2.79. The maximum atomic E-state index is 12.1. The lowest BCUT2D eigenvalue weighted by atomic mass is 10.2. The Morgan fingerprint density at radius 3 is 1.91 bits per heavy atom. The van der Waals surface area contributed by atoms with Gasteiger partial charge >= 0.3 is 11.9 Å². The van der Waals surface area contributed by atoms with E-state index in [1.165, 1.54) is 31.4 Å². The first kappa shape index (κ1) is 24.9. The molecule has 0 amide bonds. The molecule has 0 unspecified atom stereocenters. The van der Waals surface area contributed by atoms with Crippen LogP contribution in [0.2, 0.25) is 0 Å². The number of hydrogen-bond donors (Lipinski definition) is 0. The standard InChI is InChI=1S/C27H32O5/c1-4-5-6-7-20-30-24-14-8-22(9-15-24)13-19-27(29)32-25-16-10-23(11-17-25)12-18-26(28)31-21(2)3/h8-19,21H,4-7,20H2,1-3H3/b18-12+,19-13+. The van der Waals surface area contributed by atoms with E-state index >= 15 is 0 Å². The summed E-state index contributed by atoms with van der Waals surface area (Å²) in [5, 5.41) is 0. The summed E-state index contributed by atoms with van der Waals surface area (Å²) in [6, 6.07) is 14.5. The van der Waals surface area contributed by atoms with Crippen LogP contribution in [0.5, 0.6) is 11.5 Å². The van der Waals surface area contributed by atoms with Gasteiger partial charge in [-0.25, -0.2) is 9.59 Å². The van der Waals surface area contributed by atoms with Crippen molar-refractivity contribution in [2.75, 3.05) is 6.61 Å². The van der Waals surface area contributed by atoms with E-state index in [-0.39, 0.29) is 6.10 Å². The van der Waals surface area contributed by atoms with Gasteiger partial charge in [0.2, 0.25) is 0 Å². The van der Waals surface area contributed by atoms with Gasteiger partial charge in [0, 0.05) is 12.2 Å². The summed E-state index contributed by atoms with van der Waals surface area (Å²) >= 11 is 0. The molecule has 2 rings (SSSR count). The van der Waals surface area contributed by atoms with E-state index in [4.69, 9.17) is 14.2 Å². The molecule has 170 valence electrons. The highest BCUT2D eigenvalue weighted by Crippen LogP contribution is 2.16. The molecular weight excluding hydrogens is 404 g/mol. The Labute approximate surface area is 190 Å². The minimum absolute atomic E-state index is 0.159. The molecular formula is C27H32O5. The average molecular weight is 437 g/mol. The molecule has 0 radical (unpaired) electrons. The van der Waals surface area contributed by atoms with Gasteiger partial charge in [-0.3, -0.25) is 0 Å². The highest BCUT2D eigenvalue weighted by molar-refractivity contribution is 5.89. The molecule has 0 aliphatic carbocycles. The predicted octanol–water partition coefficient (Wildman–Crippen LogP) is 6.23. The summed E-state index contributed by atoms with van der Waals surface area (Å²) < 4.78 is 16.1. The quantitative estimate of drug-likeness (QED) is 0.171. The molecule has 32 heavy (non-hydrogen) atoms. The minimum Gasteiger partial charge on any atom is -0.494 e. The van der Waals surface area contributed by atoms with Crippen LogP contribution in [-0.2, 0) is 14.3 Å². The average Bonchev–Trinajstić information content (AvgIpc) is 2.77. The Morgan fingerprint density at radius 2 is 1.34 bits per heavy atom. The van der Waals surface area contributed by atoms with E-state index in [0.29, 0.717) is 5.75 Å². The van der Waals surface area contributed by atoms with Crippen LogP contribution in [0, 0.1) is 0 Å². The highest BCUT2D eigenvalue weighted by Gasteiger charge is 2.02. The van der Waals surface area contributed by atoms with Crippen LogP contribution in [0.3, 0.4) is 0 Å². The second-order valence-corrected chi connectivity index (χ2v) is 7.62. The molecule has 0 saturated carbocycles. The van der Waals surface area contributed by atoms with Gasteiger partial charge in [0.15, 0.2) is 0 Å². The van der Waals surface area contributed by atoms with Gasteiger partial charge in [-0.2, -0.15) is 0 Å². The normalized spacial score (nSPS) is 11.2. The van der Waals surface area contributed by atoms with Crippen LogP contribution in [-0.4, -0.2) is 24.6 Å². The van der Waals surface area contributed by atoms with Gasteiger partial charge in [-0.05, 0) is 67.8 Å². The maximum absolute atomic E-state index is 12.1. The molecule has 5 nitrogen and oxygen atoms in total. The fraction of sp³-hybridized carbons (Fsp3) is 0.333. The van der Waals surface area contributed by atoms with E-state index in [0.717, 1.165) is 29.9 Å². The number of rotatable bonds is 12. The zero-order chi connectivity index (χ0) is 23.2. The largest absolute Gasteiger partial charge is 0.494 e. The number of ether oxygens (including phenoxy) is 3. The lowest BCUT2D eigenvalue weighted by molar-refractivity contribution is -0.141. The molecule has 0 aliphatic heterocycles. The molecule has 0 aliphatic rings. The summed E-state index contributed by atoms with van der Waals surface area (Å²) in [5.41, 5.74) is 1.68. The van der Waals surface area contributed by atoms with Crippen molar-refractivity contribution in [1.82, 2.24) is 0 Å². The Morgan fingerprint density at radius 1 is 0.781 bits per heavy atom. The zero-order valence-corrected chi connectivity index (χ0v) is 19.1. The molecule has 0 spiro atoms. The summed E-state index contributed by atoms with van der Waals surface area (Å²) in [4.78, 5) is 23.6. The number of benzene rings is 2. The van der Waals surface area contributed by atoms with E-state index in [1.807, 2.05) is 24.3 Å². The highest BCUT2D eigenvalue weighted by atomic mass is 16.5. The van der Waals surface area contributed by atoms with Crippen molar-refractivity contribution in [2.24, 2.45) is 0 Å². The van der Waals surface area contributed by atoms with Gasteiger partial charge in [-0.1, -0.05) is 50.5 Å². The summed E-state index contributed by atoms with van der Waals surface area (Å²) in [7, 11) is 0. The van der Waals surface area contributed by atoms with Crippen molar-refractivity contribution in [3.8, 4) is 11.5 Å². The third kappa shape index (κ3) is 10.1. The Hall–Kier alpha value is -3.34. The van der Waals surface area contributed by atoms with Gasteiger partial charge in [0.25, 0.3) is 0 Å². The lowest BCUT2D eigenvalue weighted by Crippen LogP contribution is -2.08. The predicted molar refractivity (Wildman–Crippen MR) is 127 cm³/mol. The monoisotopic (exact) mass is 436 g/mol. The van der Waals surface area contributed by atoms with Gasteiger partial charge in [0.05, 0.1) is 12.7 Å². The van der Waals surface area contributed by atoms with Crippen LogP contribution in [0.15, 0.2) is 60.7 Å². The first-order valence-electron chi connectivity index (χ1n) is 11.1. The second kappa shape index (κ2) is 13.9. The number of unbranched alkanes of at least 4 members (excludes halogenated alkanes) is 3. The SMILES string of the molecule is CCCCCCOc1ccc(/C=C/C(=O)Oc2ccc(/C=C/C(=O)OC(C)C)cc2)cc1. The number of esters is 2. The van der Waals surface area contributed by atoms with Crippen molar-refractivity contribution < 1.29 is 23.8 Å². The molecule has 5 heteroatoms. The number of carbonyl (C=O) groups excluding carboxylic acids is 2. The minimum atomic E-state index is -0.468. The van der Waals surface area contributed by atoms with Gasteiger partial charge in [0.1, 0.15) is 11.5 Å². The van der Waals surface area contributed by atoms with Crippen molar-refractivity contribution in [2.45, 2.75) is 52.6 Å². The van der Waals surface area contributed by atoms with E-state index in [2.05, 4.69) is 6.92 Å². The van der Waals surface area contributed by atoms with E-state index in [1.54, 1.807) is 50.3 Å². The summed E-state index contributed by atoms with van der Waals surface area (Å²) in [5.74, 6) is 0.387. The van der Waals surface area contributed by atoms with Crippen LogP contribution in [0.1, 0.15) is 57.6 Å². The van der Waals surface area contributed by atoms with Crippen LogP contribution < -0.4 is 9.47 Å². The van der Waals surface area contributed by atoms with Crippen molar-refractivity contribution >= 4 is 24.1 Å². The number of hydrogen-bond acceptors (Lipinski definition) is 5. The number of carbonyl (C=O) groups is 2. The molecule has 0 atom stereocenters. The zero-order valence-electron chi connectivity index (χ0n) is 19.1. The molecule has 0 aromatic heterocycles. The van der Waals surface area contributed by atoms with Crippen LogP contribution in [0.25, 0.3) is 12.2 Å². The molecule has 0 fully saturated rings. The van der Waals surface area contributed by atoms with Gasteiger partial charge in [-0.15, -0.1) is 0 Å². The van der Waals surface area contributed by atoms with E-state index in [9.17, 15) is 9.59 Å². The smallest absolute Gasteiger partial charge is 0.336 e. The Kier molecular flexibility index (Phi) is 10.8. The van der Waals surface area contributed by atoms with Crippen LogP contribution in [0.4, 0.5) is 0 Å². The third-order valence-corrected chi connectivity index (χ3v) is 4.42. The fourth-order valence-electron chi connectivity index (χ4n) is 2.79. The van der Waals surface area contributed by atoms with E-state index < -0.39 is 11.9 Å². The van der Waals surface area contributed by atoms with Crippen molar-refractivity contribution in [3.63, 3.8) is 0 Å². The molecule has 0 bridgehead atoms. The molecule has 0 N–H and O–H groups in total. The first-order chi connectivity index (χ1) is 15.5. The van der Waals surface area contributed by atoms with Crippen molar-refractivity contribution in [3.05, 3.63) is 71.8 Å². The lowest BCUT2D eigenvalue weighted by Gasteiger charge is -2.06. The first-order valence-corrected chi connectivity index (χ1v) is 11.1. The van der Waals surface area contributed by atoms with Gasteiger partial charge < -0.3 is 14.2 Å². The summed E-state index contributed by atoms with van der Waals surface area (Å²) in [6.45, 7) is 6.50. The van der Waals surface area contributed by atoms with Crippen molar-refractivity contribution in [1.29, 1.82) is 0 Å². The maximum Gasteiger partial charge on any atom is 0.336 e. The third-order valence-electron chi connectivity index (χ3n) is 4.42. The topological polar surface area (TPSA) is 61.8 Å². The molecule has 2 aromatic rings. The molecule has 0 heterocycles. The summed E-state index contributed by atoms with van der Waals surface area (Å²) in [6.07, 6.45) is 10.6. The second-order valence-electron chi connectivity index (χ2n) is 7.62. The van der Waals surface area contributed by atoms with Crippen LogP contribution >= 0.6 is 0 Å².